The second-order valence-electron chi connectivity index (χ2n) is 3.52. The predicted octanol–water partition coefficient (Wildman–Crippen LogP) is 1.34. The maximum Gasteiger partial charge on any atom is 0.0774 e. The highest BCUT2D eigenvalue weighted by Gasteiger charge is 2.03. The van der Waals surface area contributed by atoms with Gasteiger partial charge in [-0.05, 0) is 18.4 Å². The van der Waals surface area contributed by atoms with Crippen LogP contribution in [0.4, 0.5) is 0 Å². The van der Waals surface area contributed by atoms with Crippen LogP contribution in [0, 0.1) is 0 Å². The van der Waals surface area contributed by atoms with Gasteiger partial charge in [0.05, 0.1) is 19.3 Å². The Morgan fingerprint density at radius 2 is 1.93 bits per heavy atom. The fraction of sp³-hybridized carbons (Fsp3) is 0.500. The molecule has 1 atom stereocenters. The molecule has 0 aliphatic heterocycles. The summed E-state index contributed by atoms with van der Waals surface area (Å²) in [5.74, 6) is 0. The molecule has 2 N–H and O–H groups in total. The van der Waals surface area contributed by atoms with E-state index in [0.717, 1.165) is 5.56 Å². The molecule has 84 valence electrons. The van der Waals surface area contributed by atoms with Crippen molar-refractivity contribution in [3.8, 4) is 0 Å². The molecule has 1 aromatic carbocycles. The minimum absolute atomic E-state index is 0.121. The molecular weight excluding hydrogens is 192 g/mol. The molecule has 0 saturated heterocycles. The average Bonchev–Trinajstić information content (AvgIpc) is 2.28. The highest BCUT2D eigenvalue weighted by molar-refractivity contribution is 5.13. The summed E-state index contributed by atoms with van der Waals surface area (Å²) in [6.45, 7) is 0.974. The number of aliphatic hydroxyl groups excluding tert-OH is 2. The average molecular weight is 210 g/mol. The summed E-state index contributed by atoms with van der Waals surface area (Å²) in [5.41, 5.74) is 1.10. The smallest absolute Gasteiger partial charge is 0.0774 e. The molecule has 1 aromatic rings. The van der Waals surface area contributed by atoms with Crippen LogP contribution in [0.2, 0.25) is 0 Å². The van der Waals surface area contributed by atoms with Gasteiger partial charge in [-0.3, -0.25) is 0 Å². The third-order valence-electron chi connectivity index (χ3n) is 2.12. The van der Waals surface area contributed by atoms with Crippen LogP contribution in [0.5, 0.6) is 0 Å². The first-order valence-corrected chi connectivity index (χ1v) is 5.23. The predicted molar refractivity (Wildman–Crippen MR) is 58.4 cm³/mol. The van der Waals surface area contributed by atoms with E-state index in [1.54, 1.807) is 0 Å². The summed E-state index contributed by atoms with van der Waals surface area (Å²) in [6, 6.07) is 9.85. The molecule has 0 saturated carbocycles. The van der Waals surface area contributed by atoms with E-state index in [-0.39, 0.29) is 6.61 Å². The summed E-state index contributed by atoms with van der Waals surface area (Å²) < 4.78 is 5.35. The molecule has 0 aromatic heterocycles. The number of ether oxygens (including phenoxy) is 1. The van der Waals surface area contributed by atoms with Gasteiger partial charge in [0.2, 0.25) is 0 Å². The minimum atomic E-state index is -0.471. The van der Waals surface area contributed by atoms with Crippen molar-refractivity contribution in [1.29, 1.82) is 0 Å². The van der Waals surface area contributed by atoms with E-state index in [1.165, 1.54) is 0 Å². The number of hydrogen-bond acceptors (Lipinski definition) is 3. The van der Waals surface area contributed by atoms with Crippen molar-refractivity contribution in [2.24, 2.45) is 0 Å². The summed E-state index contributed by atoms with van der Waals surface area (Å²) in [6.07, 6.45) is 0.738. The molecule has 0 unspecified atom stereocenters. The Bertz CT molecular complexity index is 248. The second kappa shape index (κ2) is 7.40. The van der Waals surface area contributed by atoms with E-state index in [9.17, 15) is 5.11 Å². The van der Waals surface area contributed by atoms with E-state index in [4.69, 9.17) is 9.84 Å². The maximum atomic E-state index is 9.42. The largest absolute Gasteiger partial charge is 0.396 e. The second-order valence-corrected chi connectivity index (χ2v) is 3.52. The summed E-state index contributed by atoms with van der Waals surface area (Å²) in [7, 11) is 0. The van der Waals surface area contributed by atoms with Crippen molar-refractivity contribution in [2.45, 2.75) is 25.6 Å². The van der Waals surface area contributed by atoms with Crippen molar-refractivity contribution in [1.82, 2.24) is 0 Å². The first-order chi connectivity index (χ1) is 7.33. The van der Waals surface area contributed by atoms with Gasteiger partial charge in [-0.1, -0.05) is 30.3 Å². The van der Waals surface area contributed by atoms with Gasteiger partial charge in [-0.2, -0.15) is 0 Å². The fourth-order valence-corrected chi connectivity index (χ4v) is 1.30. The van der Waals surface area contributed by atoms with Crippen LogP contribution in [-0.2, 0) is 11.3 Å². The Kier molecular flexibility index (Phi) is 6.00. The van der Waals surface area contributed by atoms with Gasteiger partial charge in [-0.15, -0.1) is 0 Å². The molecule has 0 fully saturated rings. The number of benzene rings is 1. The Labute approximate surface area is 90.3 Å². The number of hydrogen-bond donors (Lipinski definition) is 2. The van der Waals surface area contributed by atoms with Gasteiger partial charge in [0.25, 0.3) is 0 Å². The summed E-state index contributed by atoms with van der Waals surface area (Å²) in [4.78, 5) is 0. The first-order valence-electron chi connectivity index (χ1n) is 5.23. The molecule has 0 bridgehead atoms. The molecule has 0 spiro atoms. The summed E-state index contributed by atoms with van der Waals surface area (Å²) in [5, 5.41) is 18.0. The minimum Gasteiger partial charge on any atom is -0.396 e. The van der Waals surface area contributed by atoms with E-state index < -0.39 is 6.10 Å². The lowest BCUT2D eigenvalue weighted by Gasteiger charge is -2.10. The lowest BCUT2D eigenvalue weighted by atomic mass is 10.2. The van der Waals surface area contributed by atoms with E-state index in [2.05, 4.69) is 0 Å². The third-order valence-corrected chi connectivity index (χ3v) is 2.12. The van der Waals surface area contributed by atoms with Gasteiger partial charge >= 0.3 is 0 Å². The third kappa shape index (κ3) is 5.52. The summed E-state index contributed by atoms with van der Waals surface area (Å²) >= 11 is 0. The SMILES string of the molecule is OCCC[C@H](O)COCc1ccccc1. The van der Waals surface area contributed by atoms with E-state index in [1.807, 2.05) is 30.3 Å². The van der Waals surface area contributed by atoms with Crippen molar-refractivity contribution in [3.63, 3.8) is 0 Å². The van der Waals surface area contributed by atoms with Gasteiger partial charge in [-0.25, -0.2) is 0 Å². The van der Waals surface area contributed by atoms with Crippen LogP contribution >= 0.6 is 0 Å². The fourth-order valence-electron chi connectivity index (χ4n) is 1.30. The van der Waals surface area contributed by atoms with Gasteiger partial charge in [0.15, 0.2) is 0 Å². The van der Waals surface area contributed by atoms with Crippen LogP contribution in [0.15, 0.2) is 30.3 Å². The Balaban J connectivity index is 2.11. The Morgan fingerprint density at radius 3 is 2.60 bits per heavy atom. The monoisotopic (exact) mass is 210 g/mol. The standard InChI is InChI=1S/C12H18O3/c13-8-4-7-12(14)10-15-9-11-5-2-1-3-6-11/h1-3,5-6,12-14H,4,7-10H2/t12-/m0/s1. The molecule has 3 nitrogen and oxygen atoms in total. The molecule has 0 aliphatic carbocycles. The van der Waals surface area contributed by atoms with Gasteiger partial charge in [0.1, 0.15) is 0 Å². The van der Waals surface area contributed by atoms with Crippen LogP contribution in [0.3, 0.4) is 0 Å². The molecule has 15 heavy (non-hydrogen) atoms. The quantitative estimate of drug-likeness (QED) is 0.714. The van der Waals surface area contributed by atoms with Crippen molar-refractivity contribution in [2.75, 3.05) is 13.2 Å². The first kappa shape index (κ1) is 12.2. The topological polar surface area (TPSA) is 49.7 Å². The Morgan fingerprint density at radius 1 is 1.20 bits per heavy atom. The normalized spacial score (nSPS) is 12.7. The lowest BCUT2D eigenvalue weighted by Crippen LogP contribution is -2.15. The van der Waals surface area contributed by atoms with Crippen LogP contribution in [0.25, 0.3) is 0 Å². The Hall–Kier alpha value is -0.900. The molecule has 0 heterocycles. The van der Waals surface area contributed by atoms with Crippen LogP contribution < -0.4 is 0 Å². The van der Waals surface area contributed by atoms with Crippen LogP contribution in [-0.4, -0.2) is 29.5 Å². The molecule has 0 amide bonds. The molecule has 1 rings (SSSR count). The molecule has 3 heteroatoms. The van der Waals surface area contributed by atoms with E-state index >= 15 is 0 Å². The van der Waals surface area contributed by atoms with Gasteiger partial charge in [0, 0.05) is 6.61 Å². The zero-order valence-electron chi connectivity index (χ0n) is 8.80. The van der Waals surface area contributed by atoms with Gasteiger partial charge < -0.3 is 14.9 Å². The van der Waals surface area contributed by atoms with E-state index in [0.29, 0.717) is 26.1 Å². The molecule has 0 radical (unpaired) electrons. The van der Waals surface area contributed by atoms with Crippen LogP contribution in [0.1, 0.15) is 18.4 Å². The van der Waals surface area contributed by atoms with Crippen molar-refractivity contribution in [3.05, 3.63) is 35.9 Å². The number of rotatable bonds is 7. The highest BCUT2D eigenvalue weighted by atomic mass is 16.5. The zero-order chi connectivity index (χ0) is 10.9. The molecular formula is C12H18O3. The van der Waals surface area contributed by atoms with Crippen molar-refractivity contribution < 1.29 is 14.9 Å². The maximum absolute atomic E-state index is 9.42. The zero-order valence-corrected chi connectivity index (χ0v) is 8.80. The highest BCUT2D eigenvalue weighted by Crippen LogP contribution is 2.02. The lowest BCUT2D eigenvalue weighted by molar-refractivity contribution is 0.0216. The molecule has 0 aliphatic rings. The van der Waals surface area contributed by atoms with Crippen molar-refractivity contribution >= 4 is 0 Å². The number of aliphatic hydroxyl groups is 2.